The van der Waals surface area contributed by atoms with Crippen molar-refractivity contribution in [3.05, 3.63) is 0 Å². The summed E-state index contributed by atoms with van der Waals surface area (Å²) < 4.78 is 10.2. The Hall–Kier alpha value is 0.137. The Labute approximate surface area is 59.6 Å². The predicted molar refractivity (Wildman–Crippen MR) is 38.2 cm³/mol. The minimum atomic E-state index is 0.246. The van der Waals surface area contributed by atoms with Gasteiger partial charge in [-0.25, -0.2) is 0 Å². The average Bonchev–Trinajstić information content (AvgIpc) is 1.89. The van der Waals surface area contributed by atoms with Crippen molar-refractivity contribution in [1.82, 2.24) is 0 Å². The van der Waals surface area contributed by atoms with Crippen LogP contribution < -0.4 is 0 Å². The lowest BCUT2D eigenvalue weighted by Crippen LogP contribution is -2.05. The van der Waals surface area contributed by atoms with Crippen molar-refractivity contribution in [2.75, 3.05) is 13.2 Å². The Balaban J connectivity index is 2.60. The molecule has 0 saturated heterocycles. The molecule has 0 saturated carbocycles. The minimum Gasteiger partial charge on any atom is -0.393 e. The highest BCUT2D eigenvalue weighted by Crippen LogP contribution is 1.81. The lowest BCUT2D eigenvalue weighted by molar-refractivity contribution is 0.222. The van der Waals surface area contributed by atoms with Crippen molar-refractivity contribution < 1.29 is 8.85 Å². The third kappa shape index (κ3) is 8.14. The lowest BCUT2D eigenvalue weighted by atomic mass is 10.5. The van der Waals surface area contributed by atoms with Crippen molar-refractivity contribution in [3.8, 4) is 0 Å². The molecule has 0 atom stereocenters. The average molecular weight is 146 g/mol. The van der Waals surface area contributed by atoms with Gasteiger partial charge in [0.1, 0.15) is 0 Å². The van der Waals surface area contributed by atoms with E-state index in [2.05, 4.69) is 13.8 Å². The number of hydrogen-bond acceptors (Lipinski definition) is 2. The maximum atomic E-state index is 5.09. The standard InChI is InChI=1S/C6H14O2Si/c1-3-5-7-9-8-6-4-2/h3-6H2,1-2H3. The fraction of sp³-hybridized carbons (Fsp3) is 1.00. The van der Waals surface area contributed by atoms with Gasteiger partial charge >= 0.3 is 10.0 Å². The molecule has 0 fully saturated rings. The van der Waals surface area contributed by atoms with E-state index in [9.17, 15) is 0 Å². The highest BCUT2D eigenvalue weighted by atomic mass is 28.3. The topological polar surface area (TPSA) is 18.5 Å². The molecule has 0 bridgehead atoms. The molecule has 2 nitrogen and oxygen atoms in total. The van der Waals surface area contributed by atoms with Crippen LogP contribution in [0.5, 0.6) is 0 Å². The first-order valence-corrected chi connectivity index (χ1v) is 4.22. The third-order valence-corrected chi connectivity index (χ3v) is 1.37. The van der Waals surface area contributed by atoms with E-state index in [4.69, 9.17) is 8.85 Å². The zero-order valence-corrected chi connectivity index (χ0v) is 7.14. The molecule has 0 rings (SSSR count). The molecular formula is C6H14O2Si. The van der Waals surface area contributed by atoms with E-state index in [1.807, 2.05) is 0 Å². The molecule has 3 heteroatoms. The first-order chi connectivity index (χ1) is 4.41. The Morgan fingerprint density at radius 1 is 1.00 bits per heavy atom. The molecule has 0 aromatic rings. The van der Waals surface area contributed by atoms with Crippen LogP contribution in [0.3, 0.4) is 0 Å². The van der Waals surface area contributed by atoms with Gasteiger partial charge in [-0.2, -0.15) is 0 Å². The van der Waals surface area contributed by atoms with Gasteiger partial charge in [-0.05, 0) is 12.8 Å². The Morgan fingerprint density at radius 3 is 1.78 bits per heavy atom. The van der Waals surface area contributed by atoms with E-state index >= 15 is 0 Å². The molecule has 0 unspecified atom stereocenters. The molecule has 0 heterocycles. The van der Waals surface area contributed by atoms with E-state index in [0.29, 0.717) is 0 Å². The maximum absolute atomic E-state index is 5.09. The normalized spacial score (nSPS) is 10.0. The van der Waals surface area contributed by atoms with Crippen LogP contribution in [-0.4, -0.2) is 23.2 Å². The molecule has 54 valence electrons. The van der Waals surface area contributed by atoms with Crippen molar-refractivity contribution in [2.24, 2.45) is 0 Å². The van der Waals surface area contributed by atoms with Gasteiger partial charge in [-0.1, -0.05) is 13.8 Å². The highest BCUT2D eigenvalue weighted by molar-refractivity contribution is 6.17. The van der Waals surface area contributed by atoms with Gasteiger partial charge in [0.25, 0.3) is 0 Å². The van der Waals surface area contributed by atoms with Gasteiger partial charge in [0, 0.05) is 13.2 Å². The monoisotopic (exact) mass is 146 g/mol. The summed E-state index contributed by atoms with van der Waals surface area (Å²) in [7, 11) is 0.246. The third-order valence-electron chi connectivity index (χ3n) is 0.730. The molecule has 0 amide bonds. The van der Waals surface area contributed by atoms with Crippen molar-refractivity contribution in [2.45, 2.75) is 26.7 Å². The van der Waals surface area contributed by atoms with Crippen LogP contribution in [0.15, 0.2) is 0 Å². The van der Waals surface area contributed by atoms with Crippen LogP contribution in [0.25, 0.3) is 0 Å². The van der Waals surface area contributed by atoms with E-state index in [1.54, 1.807) is 0 Å². The van der Waals surface area contributed by atoms with E-state index in [1.165, 1.54) is 0 Å². The van der Waals surface area contributed by atoms with Crippen LogP contribution in [0.4, 0.5) is 0 Å². The number of hydrogen-bond donors (Lipinski definition) is 0. The fourth-order valence-corrected chi connectivity index (χ4v) is 0.987. The largest absolute Gasteiger partial charge is 0.433 e. The van der Waals surface area contributed by atoms with Crippen LogP contribution in [0.1, 0.15) is 26.7 Å². The quantitative estimate of drug-likeness (QED) is 0.416. The number of rotatable bonds is 6. The second-order valence-electron chi connectivity index (χ2n) is 1.78. The maximum Gasteiger partial charge on any atom is 0.433 e. The van der Waals surface area contributed by atoms with Gasteiger partial charge in [0.15, 0.2) is 0 Å². The predicted octanol–water partition coefficient (Wildman–Crippen LogP) is 1.37. The van der Waals surface area contributed by atoms with Crippen molar-refractivity contribution in [3.63, 3.8) is 0 Å². The lowest BCUT2D eigenvalue weighted by Gasteiger charge is -1.98. The second kappa shape index (κ2) is 8.14. The zero-order valence-electron chi connectivity index (χ0n) is 6.14. The minimum absolute atomic E-state index is 0.246. The molecule has 0 aromatic carbocycles. The van der Waals surface area contributed by atoms with Crippen LogP contribution in [0, 0.1) is 0 Å². The Morgan fingerprint density at radius 2 is 1.44 bits per heavy atom. The van der Waals surface area contributed by atoms with Gasteiger partial charge in [0.2, 0.25) is 0 Å². The summed E-state index contributed by atoms with van der Waals surface area (Å²) in [5.41, 5.74) is 0. The van der Waals surface area contributed by atoms with Crippen LogP contribution >= 0.6 is 0 Å². The summed E-state index contributed by atoms with van der Waals surface area (Å²) >= 11 is 0. The van der Waals surface area contributed by atoms with Crippen molar-refractivity contribution in [1.29, 1.82) is 0 Å². The molecule has 0 N–H and O–H groups in total. The fourth-order valence-electron chi connectivity index (χ4n) is 0.329. The summed E-state index contributed by atoms with van der Waals surface area (Å²) in [6.45, 7) is 5.82. The molecule has 9 heavy (non-hydrogen) atoms. The van der Waals surface area contributed by atoms with E-state index in [-0.39, 0.29) is 10.0 Å². The van der Waals surface area contributed by atoms with E-state index < -0.39 is 0 Å². The SMILES string of the molecule is CCCO[Si]OCCC. The Kier molecular flexibility index (Phi) is 8.26. The molecule has 0 aliphatic rings. The summed E-state index contributed by atoms with van der Waals surface area (Å²) in [6.07, 6.45) is 2.14. The molecule has 0 aliphatic heterocycles. The first kappa shape index (κ1) is 9.14. The van der Waals surface area contributed by atoms with Crippen LogP contribution in [-0.2, 0) is 8.85 Å². The Bertz CT molecular complexity index is 44.3. The summed E-state index contributed by atoms with van der Waals surface area (Å²) in [4.78, 5) is 0. The zero-order chi connectivity index (χ0) is 6.95. The first-order valence-electron chi connectivity index (χ1n) is 3.40. The van der Waals surface area contributed by atoms with Crippen LogP contribution in [0.2, 0.25) is 0 Å². The molecular weight excluding hydrogens is 132 g/mol. The molecule has 0 aromatic heterocycles. The van der Waals surface area contributed by atoms with Crippen molar-refractivity contribution >= 4 is 10.0 Å². The van der Waals surface area contributed by atoms with Gasteiger partial charge in [-0.15, -0.1) is 0 Å². The molecule has 0 aliphatic carbocycles. The van der Waals surface area contributed by atoms with Gasteiger partial charge in [-0.3, -0.25) is 0 Å². The summed E-state index contributed by atoms with van der Waals surface area (Å²) in [6, 6.07) is 0. The smallest absolute Gasteiger partial charge is 0.393 e. The second-order valence-corrected chi connectivity index (χ2v) is 2.52. The van der Waals surface area contributed by atoms with E-state index in [0.717, 1.165) is 26.1 Å². The van der Waals surface area contributed by atoms with Gasteiger partial charge < -0.3 is 8.85 Å². The summed E-state index contributed by atoms with van der Waals surface area (Å²) in [5, 5.41) is 0. The molecule has 0 spiro atoms. The van der Waals surface area contributed by atoms with Gasteiger partial charge in [0.05, 0.1) is 0 Å². The highest BCUT2D eigenvalue weighted by Gasteiger charge is 1.88. The summed E-state index contributed by atoms with van der Waals surface area (Å²) in [5.74, 6) is 0. The molecule has 2 radical (unpaired) electrons.